The Balaban J connectivity index is 1.84. The minimum absolute atomic E-state index is 0.103. The molecule has 0 spiro atoms. The number of sulfonamides is 1. The molecule has 1 unspecified atom stereocenters. The molecule has 162 valence electrons. The van der Waals surface area contributed by atoms with Gasteiger partial charge in [0, 0.05) is 37.6 Å². The van der Waals surface area contributed by atoms with E-state index < -0.39 is 10.0 Å². The molecule has 0 aliphatic rings. The molecule has 2 N–H and O–H groups in total. The minimum atomic E-state index is -3.62. The van der Waals surface area contributed by atoms with Crippen LogP contribution in [0.5, 0.6) is 5.75 Å². The lowest BCUT2D eigenvalue weighted by Gasteiger charge is -2.15. The Hall–Kier alpha value is -2.55. The highest BCUT2D eigenvalue weighted by Gasteiger charge is 2.17. The number of carbonyl (C=O) groups is 1. The van der Waals surface area contributed by atoms with Gasteiger partial charge in [-0.1, -0.05) is 23.7 Å². The van der Waals surface area contributed by atoms with E-state index in [-0.39, 0.29) is 23.5 Å². The van der Waals surface area contributed by atoms with Crippen molar-refractivity contribution in [2.45, 2.75) is 24.3 Å². The van der Waals surface area contributed by atoms with Gasteiger partial charge in [0.05, 0.1) is 4.90 Å². The lowest BCUT2D eigenvalue weighted by atomic mass is 10.1. The fourth-order valence-electron chi connectivity index (χ4n) is 2.53. The third-order valence-electron chi connectivity index (χ3n) is 3.93. The van der Waals surface area contributed by atoms with Crippen LogP contribution in [0.1, 0.15) is 12.5 Å². The second-order valence-corrected chi connectivity index (χ2v) is 9.11. The van der Waals surface area contributed by atoms with Gasteiger partial charge in [-0.05, 0) is 55.3 Å². The van der Waals surface area contributed by atoms with Crippen LogP contribution in [-0.4, -0.2) is 46.0 Å². The molecule has 0 aliphatic carbocycles. The average molecular weight is 452 g/mol. The summed E-state index contributed by atoms with van der Waals surface area (Å²) in [6.45, 7) is 1.69. The smallest absolute Gasteiger partial charge is 0.261 e. The molecule has 2 aromatic carbocycles. The lowest BCUT2D eigenvalue weighted by molar-refractivity contribution is -0.122. The van der Waals surface area contributed by atoms with Gasteiger partial charge < -0.3 is 15.0 Å². The first kappa shape index (κ1) is 23.7. The second kappa shape index (κ2) is 11.0. The van der Waals surface area contributed by atoms with E-state index in [2.05, 4.69) is 10.0 Å². The number of rotatable bonds is 10. The molecule has 0 heterocycles. The standard InChI is InChI=1S/C21H26ClN3O4S/c1-16(24-30(27,28)20-10-6-18(22)7-11-20)14-17-4-8-19(9-5-17)29-15-21(26)23-12-13-25(2)3/h4-13,16,24H,14-15H2,1-3H3,(H,23,26). The van der Waals surface area contributed by atoms with Crippen molar-refractivity contribution in [3.8, 4) is 5.75 Å². The van der Waals surface area contributed by atoms with Gasteiger partial charge in [0.2, 0.25) is 10.0 Å². The highest BCUT2D eigenvalue weighted by atomic mass is 35.5. The van der Waals surface area contributed by atoms with E-state index in [1.165, 1.54) is 24.3 Å². The highest BCUT2D eigenvalue weighted by Crippen LogP contribution is 2.16. The van der Waals surface area contributed by atoms with Crippen molar-refractivity contribution in [2.24, 2.45) is 0 Å². The number of carbonyl (C=O) groups excluding carboxylic acids is 1. The van der Waals surface area contributed by atoms with Crippen molar-refractivity contribution in [3.05, 3.63) is 71.5 Å². The Kier molecular flexibility index (Phi) is 8.71. The topological polar surface area (TPSA) is 87.7 Å². The van der Waals surface area contributed by atoms with E-state index in [1.54, 1.807) is 36.4 Å². The van der Waals surface area contributed by atoms with Crippen LogP contribution in [0.3, 0.4) is 0 Å². The number of ether oxygens (including phenoxy) is 1. The molecule has 0 saturated heterocycles. The summed E-state index contributed by atoms with van der Waals surface area (Å²) >= 11 is 5.81. The molecule has 2 rings (SSSR count). The predicted octanol–water partition coefficient (Wildman–Crippen LogP) is 2.78. The zero-order chi connectivity index (χ0) is 22.1. The van der Waals surface area contributed by atoms with E-state index >= 15 is 0 Å². The molecule has 0 saturated carbocycles. The zero-order valence-corrected chi connectivity index (χ0v) is 18.7. The fourth-order valence-corrected chi connectivity index (χ4v) is 3.90. The van der Waals surface area contributed by atoms with E-state index in [1.807, 2.05) is 26.2 Å². The summed E-state index contributed by atoms with van der Waals surface area (Å²) in [5, 5.41) is 3.08. The van der Waals surface area contributed by atoms with E-state index in [0.29, 0.717) is 17.2 Å². The average Bonchev–Trinajstić information content (AvgIpc) is 2.67. The van der Waals surface area contributed by atoms with Crippen LogP contribution in [0.2, 0.25) is 5.02 Å². The van der Waals surface area contributed by atoms with Crippen LogP contribution in [0, 0.1) is 0 Å². The van der Waals surface area contributed by atoms with Crippen LogP contribution in [-0.2, 0) is 21.2 Å². The number of nitrogens with one attached hydrogen (secondary N) is 2. The van der Waals surface area contributed by atoms with Gasteiger partial charge in [0.25, 0.3) is 5.91 Å². The normalized spacial score (nSPS) is 12.5. The number of halogens is 1. The van der Waals surface area contributed by atoms with Gasteiger partial charge in [0.1, 0.15) is 5.75 Å². The summed E-state index contributed by atoms with van der Waals surface area (Å²) < 4.78 is 33.0. The van der Waals surface area contributed by atoms with Crippen molar-refractivity contribution in [2.75, 3.05) is 20.7 Å². The van der Waals surface area contributed by atoms with Crippen LogP contribution in [0.15, 0.2) is 65.8 Å². The third-order valence-corrected chi connectivity index (χ3v) is 5.79. The number of amides is 1. The Morgan fingerprint density at radius 2 is 1.77 bits per heavy atom. The molecule has 1 atom stereocenters. The molecule has 1 amide bonds. The molecule has 7 nitrogen and oxygen atoms in total. The largest absolute Gasteiger partial charge is 0.484 e. The van der Waals surface area contributed by atoms with Crippen molar-refractivity contribution >= 4 is 27.5 Å². The van der Waals surface area contributed by atoms with E-state index in [0.717, 1.165) is 5.56 Å². The maximum Gasteiger partial charge on any atom is 0.261 e. The zero-order valence-electron chi connectivity index (χ0n) is 17.1. The molecule has 0 aliphatic heterocycles. The fraction of sp³-hybridized carbons (Fsp3) is 0.286. The third kappa shape index (κ3) is 8.06. The van der Waals surface area contributed by atoms with Gasteiger partial charge in [-0.25, -0.2) is 13.1 Å². The monoisotopic (exact) mass is 451 g/mol. The Morgan fingerprint density at radius 1 is 1.13 bits per heavy atom. The van der Waals surface area contributed by atoms with Crippen molar-refractivity contribution in [1.82, 2.24) is 14.9 Å². The number of hydrogen-bond donors (Lipinski definition) is 2. The Labute approximate surface area is 182 Å². The molecule has 0 radical (unpaired) electrons. The molecule has 9 heteroatoms. The first-order chi connectivity index (χ1) is 14.2. The van der Waals surface area contributed by atoms with Crippen molar-refractivity contribution < 1.29 is 17.9 Å². The lowest BCUT2D eigenvalue weighted by Crippen LogP contribution is -2.34. The summed E-state index contributed by atoms with van der Waals surface area (Å²) in [5.74, 6) is 0.294. The van der Waals surface area contributed by atoms with Gasteiger partial charge in [-0.2, -0.15) is 0 Å². The summed E-state index contributed by atoms with van der Waals surface area (Å²) in [4.78, 5) is 13.7. The maximum atomic E-state index is 12.4. The number of benzene rings is 2. The van der Waals surface area contributed by atoms with Crippen LogP contribution < -0.4 is 14.8 Å². The second-order valence-electron chi connectivity index (χ2n) is 6.96. The van der Waals surface area contributed by atoms with Crippen LogP contribution >= 0.6 is 11.6 Å². The SMILES string of the molecule is CC(Cc1ccc(OCC(=O)NC=CN(C)C)cc1)NS(=O)(=O)c1ccc(Cl)cc1. The molecule has 2 aromatic rings. The highest BCUT2D eigenvalue weighted by molar-refractivity contribution is 7.89. The molecule has 30 heavy (non-hydrogen) atoms. The van der Waals surface area contributed by atoms with E-state index in [4.69, 9.17) is 16.3 Å². The first-order valence-corrected chi connectivity index (χ1v) is 11.1. The summed E-state index contributed by atoms with van der Waals surface area (Å²) in [6, 6.07) is 12.9. The predicted molar refractivity (Wildman–Crippen MR) is 118 cm³/mol. The molecule has 0 aromatic heterocycles. The minimum Gasteiger partial charge on any atom is -0.484 e. The molecule has 0 fully saturated rings. The first-order valence-electron chi connectivity index (χ1n) is 9.28. The molecular weight excluding hydrogens is 426 g/mol. The molecule has 0 bridgehead atoms. The van der Waals surface area contributed by atoms with Gasteiger partial charge >= 0.3 is 0 Å². The maximum absolute atomic E-state index is 12.4. The Morgan fingerprint density at radius 3 is 2.37 bits per heavy atom. The van der Waals surface area contributed by atoms with Gasteiger partial charge in [0.15, 0.2) is 6.61 Å². The summed E-state index contributed by atoms with van der Waals surface area (Å²) in [6.07, 6.45) is 3.76. The van der Waals surface area contributed by atoms with E-state index in [9.17, 15) is 13.2 Å². The quantitative estimate of drug-likeness (QED) is 0.580. The number of hydrogen-bond acceptors (Lipinski definition) is 5. The van der Waals surface area contributed by atoms with Crippen LogP contribution in [0.25, 0.3) is 0 Å². The van der Waals surface area contributed by atoms with Gasteiger partial charge in [-0.15, -0.1) is 0 Å². The van der Waals surface area contributed by atoms with Crippen LogP contribution in [0.4, 0.5) is 0 Å². The van der Waals surface area contributed by atoms with Gasteiger partial charge in [-0.3, -0.25) is 4.79 Å². The summed E-state index contributed by atoms with van der Waals surface area (Å²) in [5.41, 5.74) is 0.937. The van der Waals surface area contributed by atoms with Crippen molar-refractivity contribution in [1.29, 1.82) is 0 Å². The number of nitrogens with zero attached hydrogens (tertiary/aromatic N) is 1. The molecular formula is C21H26ClN3O4S. The van der Waals surface area contributed by atoms with Crippen molar-refractivity contribution in [3.63, 3.8) is 0 Å². The summed E-state index contributed by atoms with van der Waals surface area (Å²) in [7, 11) is 0.0806. The Bertz CT molecular complexity index is 959.